The first-order valence-corrected chi connectivity index (χ1v) is 10.8. The zero-order chi connectivity index (χ0) is 21.6. The molecule has 0 spiro atoms. The van der Waals surface area contributed by atoms with Gasteiger partial charge < -0.3 is 5.32 Å². The van der Waals surface area contributed by atoms with E-state index < -0.39 is 15.9 Å². The van der Waals surface area contributed by atoms with Crippen LogP contribution < -0.4 is 5.32 Å². The Labute approximate surface area is 176 Å². The van der Waals surface area contributed by atoms with Gasteiger partial charge in [0.25, 0.3) is 0 Å². The Morgan fingerprint density at radius 2 is 1.50 bits per heavy atom. The summed E-state index contributed by atoms with van der Waals surface area (Å²) in [5.74, 6) is -0.616. The lowest BCUT2D eigenvalue weighted by atomic mass is 10.1. The molecule has 0 bridgehead atoms. The minimum absolute atomic E-state index is 0.0545. The average molecular weight is 423 g/mol. The number of ketones is 1. The molecule has 0 radical (unpaired) electrons. The van der Waals surface area contributed by atoms with Gasteiger partial charge in [-0.15, -0.1) is 0 Å². The fourth-order valence-electron chi connectivity index (χ4n) is 2.93. The first-order chi connectivity index (χ1) is 14.4. The van der Waals surface area contributed by atoms with E-state index in [1.165, 1.54) is 19.1 Å². The predicted octanol–water partition coefficient (Wildman–Crippen LogP) is 3.72. The third-order valence-electron chi connectivity index (χ3n) is 4.46. The first-order valence-electron chi connectivity index (χ1n) is 9.36. The molecule has 0 saturated carbocycles. The molecule has 30 heavy (non-hydrogen) atoms. The van der Waals surface area contributed by atoms with Gasteiger partial charge in [0, 0.05) is 17.8 Å². The van der Waals surface area contributed by atoms with Crippen LogP contribution in [0.3, 0.4) is 0 Å². The van der Waals surface area contributed by atoms with Gasteiger partial charge in [-0.25, -0.2) is 8.42 Å². The van der Waals surface area contributed by atoms with Crippen LogP contribution in [0.4, 0.5) is 5.69 Å². The van der Waals surface area contributed by atoms with Crippen LogP contribution in [0.2, 0.25) is 0 Å². The zero-order valence-corrected chi connectivity index (χ0v) is 17.3. The first kappa shape index (κ1) is 21.4. The van der Waals surface area contributed by atoms with Crippen molar-refractivity contribution in [3.8, 4) is 0 Å². The lowest BCUT2D eigenvalue weighted by Gasteiger charge is -2.22. The molecular formula is C23H22N2O4S. The van der Waals surface area contributed by atoms with Crippen LogP contribution in [0.5, 0.6) is 0 Å². The molecule has 3 aromatic rings. The third-order valence-corrected chi connectivity index (χ3v) is 6.26. The molecule has 0 fully saturated rings. The van der Waals surface area contributed by atoms with Gasteiger partial charge in [-0.1, -0.05) is 60.7 Å². The van der Waals surface area contributed by atoms with Crippen molar-refractivity contribution in [3.05, 3.63) is 96.1 Å². The van der Waals surface area contributed by atoms with Crippen LogP contribution in [0.15, 0.2) is 89.8 Å². The van der Waals surface area contributed by atoms with Crippen molar-refractivity contribution < 1.29 is 18.0 Å². The fraction of sp³-hybridized carbons (Fsp3) is 0.130. The van der Waals surface area contributed by atoms with Crippen LogP contribution in [0.1, 0.15) is 22.8 Å². The Balaban J connectivity index is 1.84. The van der Waals surface area contributed by atoms with Gasteiger partial charge in [0.1, 0.15) is 0 Å². The molecule has 0 unspecified atom stereocenters. The van der Waals surface area contributed by atoms with Crippen molar-refractivity contribution in [2.75, 3.05) is 11.9 Å². The normalized spacial score (nSPS) is 11.3. The summed E-state index contributed by atoms with van der Waals surface area (Å²) >= 11 is 0. The largest absolute Gasteiger partial charge is 0.325 e. The minimum Gasteiger partial charge on any atom is -0.325 e. The molecule has 0 heterocycles. The number of hydrogen-bond acceptors (Lipinski definition) is 4. The average Bonchev–Trinajstić information content (AvgIpc) is 2.75. The summed E-state index contributed by atoms with van der Waals surface area (Å²) in [6, 6.07) is 23.6. The topological polar surface area (TPSA) is 83.6 Å². The number of carbonyl (C=O) groups excluding carboxylic acids is 2. The number of nitrogens with zero attached hydrogens (tertiary/aromatic N) is 1. The van der Waals surface area contributed by atoms with E-state index in [9.17, 15) is 18.0 Å². The minimum atomic E-state index is -3.89. The van der Waals surface area contributed by atoms with Gasteiger partial charge >= 0.3 is 0 Å². The highest BCUT2D eigenvalue weighted by Crippen LogP contribution is 2.19. The summed E-state index contributed by atoms with van der Waals surface area (Å²) in [4.78, 5) is 24.3. The standard InChI is InChI=1S/C23H22N2O4S/c1-18(26)20-11-8-12-21(15-20)24-23(27)17-25(16-19-9-4-2-5-10-19)30(28,29)22-13-6-3-7-14-22/h2-15H,16-17H2,1H3,(H,24,27). The molecule has 154 valence electrons. The number of carbonyl (C=O) groups is 2. The quantitative estimate of drug-likeness (QED) is 0.561. The van der Waals surface area contributed by atoms with E-state index in [1.807, 2.05) is 30.3 Å². The number of sulfonamides is 1. The van der Waals surface area contributed by atoms with Gasteiger partial charge in [-0.3, -0.25) is 9.59 Å². The molecule has 0 aromatic heterocycles. The van der Waals surface area contributed by atoms with Gasteiger partial charge in [0.05, 0.1) is 11.4 Å². The van der Waals surface area contributed by atoms with E-state index in [0.29, 0.717) is 11.3 Å². The second-order valence-corrected chi connectivity index (χ2v) is 8.69. The maximum absolute atomic E-state index is 13.2. The fourth-order valence-corrected chi connectivity index (χ4v) is 4.34. The maximum atomic E-state index is 13.2. The molecule has 6 nitrogen and oxygen atoms in total. The van der Waals surface area contributed by atoms with Crippen LogP contribution in [-0.4, -0.2) is 31.0 Å². The van der Waals surface area contributed by atoms with Gasteiger partial charge in [0.2, 0.25) is 15.9 Å². The highest BCUT2D eigenvalue weighted by atomic mass is 32.2. The van der Waals surface area contributed by atoms with Crippen molar-refractivity contribution in [1.29, 1.82) is 0 Å². The summed E-state index contributed by atoms with van der Waals surface area (Å²) in [6.45, 7) is 1.13. The Morgan fingerprint density at radius 1 is 0.867 bits per heavy atom. The molecule has 3 aromatic carbocycles. The van der Waals surface area contributed by atoms with Crippen molar-refractivity contribution >= 4 is 27.4 Å². The lowest BCUT2D eigenvalue weighted by molar-refractivity contribution is -0.116. The molecule has 0 atom stereocenters. The number of Topliss-reactive ketones (excluding diaryl/α,β-unsaturated/α-hetero) is 1. The summed E-state index contributed by atoms with van der Waals surface area (Å²) in [7, 11) is -3.89. The molecule has 3 rings (SSSR count). The Bertz CT molecular complexity index is 1130. The summed E-state index contributed by atoms with van der Waals surface area (Å²) < 4.78 is 27.5. The number of anilines is 1. The predicted molar refractivity (Wildman–Crippen MR) is 116 cm³/mol. The number of hydrogen-bond donors (Lipinski definition) is 1. The Kier molecular flexibility index (Phi) is 6.76. The summed E-state index contributed by atoms with van der Waals surface area (Å²) in [6.07, 6.45) is 0. The van der Waals surface area contributed by atoms with Crippen molar-refractivity contribution in [3.63, 3.8) is 0 Å². The van der Waals surface area contributed by atoms with Gasteiger partial charge in [0.15, 0.2) is 5.78 Å². The zero-order valence-electron chi connectivity index (χ0n) is 16.5. The van der Waals surface area contributed by atoms with E-state index in [1.54, 1.807) is 42.5 Å². The molecule has 7 heteroatoms. The number of rotatable bonds is 8. The van der Waals surface area contributed by atoms with Crippen molar-refractivity contribution in [1.82, 2.24) is 4.31 Å². The molecule has 0 aliphatic carbocycles. The van der Waals surface area contributed by atoms with Crippen molar-refractivity contribution in [2.24, 2.45) is 0 Å². The number of benzene rings is 3. The van der Waals surface area contributed by atoms with Crippen LogP contribution in [0, 0.1) is 0 Å². The molecule has 0 aliphatic rings. The summed E-state index contributed by atoms with van der Waals surface area (Å²) in [5, 5.41) is 2.68. The van der Waals surface area contributed by atoms with E-state index in [0.717, 1.165) is 9.87 Å². The number of amides is 1. The molecule has 0 aliphatic heterocycles. The van der Waals surface area contributed by atoms with E-state index in [4.69, 9.17) is 0 Å². The highest BCUT2D eigenvalue weighted by molar-refractivity contribution is 7.89. The highest BCUT2D eigenvalue weighted by Gasteiger charge is 2.26. The van der Waals surface area contributed by atoms with E-state index in [2.05, 4.69) is 5.32 Å². The maximum Gasteiger partial charge on any atom is 0.243 e. The monoisotopic (exact) mass is 422 g/mol. The van der Waals surface area contributed by atoms with Crippen molar-refractivity contribution in [2.45, 2.75) is 18.4 Å². The Morgan fingerprint density at radius 3 is 2.13 bits per heavy atom. The molecule has 1 N–H and O–H groups in total. The molecular weight excluding hydrogens is 400 g/mol. The van der Waals surface area contributed by atoms with E-state index in [-0.39, 0.29) is 23.8 Å². The SMILES string of the molecule is CC(=O)c1cccc(NC(=O)CN(Cc2ccccc2)S(=O)(=O)c2ccccc2)c1. The third kappa shape index (κ3) is 5.40. The second kappa shape index (κ2) is 9.47. The smallest absolute Gasteiger partial charge is 0.243 e. The van der Waals surface area contributed by atoms with E-state index >= 15 is 0 Å². The van der Waals surface area contributed by atoms with Crippen LogP contribution in [-0.2, 0) is 21.4 Å². The molecule has 1 amide bonds. The number of nitrogens with one attached hydrogen (secondary N) is 1. The van der Waals surface area contributed by atoms with Gasteiger partial charge in [-0.2, -0.15) is 4.31 Å². The van der Waals surface area contributed by atoms with Gasteiger partial charge in [-0.05, 0) is 36.8 Å². The van der Waals surface area contributed by atoms with Crippen LogP contribution >= 0.6 is 0 Å². The summed E-state index contributed by atoms with van der Waals surface area (Å²) in [5.41, 5.74) is 1.67. The van der Waals surface area contributed by atoms with Crippen LogP contribution in [0.25, 0.3) is 0 Å². The second-order valence-electron chi connectivity index (χ2n) is 6.76. The Hall–Kier alpha value is -3.29. The lowest BCUT2D eigenvalue weighted by Crippen LogP contribution is -2.37. The molecule has 0 saturated heterocycles.